The standard InChI is InChI=1S/C18H24N5O7PS/c1-21(20-12-14-5-7-15(27-2)8-6-14)31(32)30-16-9-10-17(18(11-16)22(24)25)19-13-23(26,28-3)29-4/h5-12,19,32H,13H2,1-4H3/b20-12+. The van der Waals surface area contributed by atoms with Crippen LogP contribution in [-0.2, 0) is 9.68 Å². The van der Waals surface area contributed by atoms with Crippen molar-refractivity contribution in [1.82, 2.24) is 4.78 Å². The summed E-state index contributed by atoms with van der Waals surface area (Å²) < 4.78 is 12.3. The van der Waals surface area contributed by atoms with Crippen LogP contribution in [-0.4, -0.2) is 55.9 Å². The highest BCUT2D eigenvalue weighted by molar-refractivity contribution is 8.42. The van der Waals surface area contributed by atoms with Crippen LogP contribution in [0.4, 0.5) is 11.4 Å². The molecule has 12 nitrogen and oxygen atoms in total. The van der Waals surface area contributed by atoms with E-state index in [2.05, 4.69) is 32.3 Å². The van der Waals surface area contributed by atoms with E-state index in [-0.39, 0.29) is 17.1 Å². The Bertz CT molecular complexity index is 930. The summed E-state index contributed by atoms with van der Waals surface area (Å²) in [5.41, 5.74) is 0.659. The van der Waals surface area contributed by atoms with Gasteiger partial charge >= 0.3 is 0 Å². The monoisotopic (exact) mass is 485 g/mol. The molecule has 2 aromatic carbocycles. The van der Waals surface area contributed by atoms with Gasteiger partial charge in [-0.05, 0) is 42.0 Å². The van der Waals surface area contributed by atoms with E-state index in [1.54, 1.807) is 20.4 Å². The molecule has 0 amide bonds. The van der Waals surface area contributed by atoms with E-state index in [4.69, 9.17) is 9.26 Å². The van der Waals surface area contributed by atoms with E-state index in [1.165, 1.54) is 23.0 Å². The third kappa shape index (κ3) is 7.19. The Morgan fingerprint density at radius 1 is 1.19 bits per heavy atom. The fraction of sp³-hybridized carbons (Fsp3) is 0.278. The van der Waals surface area contributed by atoms with Gasteiger partial charge < -0.3 is 19.8 Å². The van der Waals surface area contributed by atoms with Crippen LogP contribution in [0, 0.1) is 15.3 Å². The molecule has 14 heteroatoms. The van der Waals surface area contributed by atoms with E-state index in [9.17, 15) is 15.3 Å². The van der Waals surface area contributed by atoms with Gasteiger partial charge in [0.2, 0.25) is 6.67 Å². The predicted octanol–water partition coefficient (Wildman–Crippen LogP) is 3.91. The summed E-state index contributed by atoms with van der Waals surface area (Å²) in [5.74, 6) is 0.954. The molecule has 1 atom stereocenters. The molecule has 1 N–H and O–H groups in total. The molecule has 0 aliphatic heterocycles. The van der Waals surface area contributed by atoms with Crippen LogP contribution in [0.3, 0.4) is 0 Å². The zero-order chi connectivity index (χ0) is 23.7. The van der Waals surface area contributed by atoms with Gasteiger partial charge in [-0.25, -0.2) is 4.78 Å². The molecule has 2 aromatic rings. The van der Waals surface area contributed by atoms with Crippen LogP contribution in [0.1, 0.15) is 5.56 Å². The van der Waals surface area contributed by atoms with Crippen LogP contribution in [0.2, 0.25) is 0 Å². The van der Waals surface area contributed by atoms with Crippen molar-refractivity contribution in [2.24, 2.45) is 5.10 Å². The van der Waals surface area contributed by atoms with E-state index in [0.717, 1.165) is 25.5 Å². The van der Waals surface area contributed by atoms with Crippen molar-refractivity contribution in [3.05, 3.63) is 63.3 Å². The molecule has 1 unspecified atom stereocenters. The number of hydroxylamine groups is 3. The normalized spacial score (nSPS) is 12.4. The molecule has 2 rings (SSSR count). The molecule has 0 heterocycles. The van der Waals surface area contributed by atoms with Crippen LogP contribution in [0.5, 0.6) is 11.5 Å². The molecule has 0 aromatic heterocycles. The van der Waals surface area contributed by atoms with Gasteiger partial charge in [0, 0.05) is 7.05 Å². The number of methoxy groups -OCH3 is 1. The summed E-state index contributed by atoms with van der Waals surface area (Å²) in [4.78, 5) is 18.7. The number of rotatable bonds is 12. The molecule has 0 aliphatic carbocycles. The van der Waals surface area contributed by atoms with Crippen LogP contribution in [0.25, 0.3) is 0 Å². The van der Waals surface area contributed by atoms with Gasteiger partial charge in [-0.15, -0.1) is 0 Å². The summed E-state index contributed by atoms with van der Waals surface area (Å²) >= 11 is 4.40. The molecule has 0 spiro atoms. The maximum atomic E-state index is 12.0. The van der Waals surface area contributed by atoms with E-state index >= 15 is 0 Å². The van der Waals surface area contributed by atoms with E-state index in [1.807, 2.05) is 24.3 Å². The largest absolute Gasteiger partial charge is 0.563 e. The quantitative estimate of drug-likeness (QED) is 0.0874. The van der Waals surface area contributed by atoms with Crippen molar-refractivity contribution in [2.75, 3.05) is 40.4 Å². The van der Waals surface area contributed by atoms with Crippen molar-refractivity contribution < 1.29 is 28.8 Å². The molecule has 174 valence electrons. The topological polar surface area (TPSA) is 131 Å². The third-order valence-electron chi connectivity index (χ3n) is 4.11. The molecule has 0 radical (unpaired) electrons. The highest BCUT2D eigenvalue weighted by atomic mass is 32.7. The maximum Gasteiger partial charge on any atom is 0.296 e. The third-order valence-corrected chi connectivity index (χ3v) is 6.10. The van der Waals surface area contributed by atoms with Gasteiger partial charge in [0.15, 0.2) is 0 Å². The minimum Gasteiger partial charge on any atom is -0.563 e. The average molecular weight is 485 g/mol. The smallest absolute Gasteiger partial charge is 0.296 e. The number of thiol groups is 1. The summed E-state index contributed by atoms with van der Waals surface area (Å²) in [7, 11) is 4.05. The first-order valence-corrected chi connectivity index (χ1v) is 11.4. The fourth-order valence-corrected chi connectivity index (χ4v) is 3.27. The summed E-state index contributed by atoms with van der Waals surface area (Å²) in [5, 5.41) is 30.4. The van der Waals surface area contributed by atoms with Gasteiger partial charge in [-0.1, -0.05) is 17.2 Å². The van der Waals surface area contributed by atoms with Gasteiger partial charge in [0.1, 0.15) is 31.4 Å². The summed E-state index contributed by atoms with van der Waals surface area (Å²) in [6.07, 6.45) is 1.63. The van der Waals surface area contributed by atoms with Gasteiger partial charge in [-0.3, -0.25) is 10.1 Å². The van der Waals surface area contributed by atoms with Crippen molar-refractivity contribution >= 4 is 37.3 Å². The number of hydrogen-bond acceptors (Lipinski definition) is 11. The Kier molecular flexibility index (Phi) is 9.44. The Labute approximate surface area is 191 Å². The highest BCUT2D eigenvalue weighted by Gasteiger charge is 2.22. The van der Waals surface area contributed by atoms with Gasteiger partial charge in [0.25, 0.3) is 13.2 Å². The van der Waals surface area contributed by atoms with Crippen LogP contribution >= 0.6 is 19.7 Å². The van der Waals surface area contributed by atoms with Crippen molar-refractivity contribution in [1.29, 1.82) is 0 Å². The lowest BCUT2D eigenvalue weighted by Crippen LogP contribution is -2.43. The first kappa shape index (κ1) is 25.6. The first-order chi connectivity index (χ1) is 15.2. The Morgan fingerprint density at radius 2 is 1.81 bits per heavy atom. The molecule has 0 bridgehead atoms. The molecule has 0 saturated carbocycles. The zero-order valence-corrected chi connectivity index (χ0v) is 19.7. The van der Waals surface area contributed by atoms with E-state index in [0.29, 0.717) is 0 Å². The first-order valence-electron chi connectivity index (χ1n) is 9.03. The number of nitrogens with zero attached hydrogens (tertiary/aromatic N) is 4. The maximum absolute atomic E-state index is 12.0. The summed E-state index contributed by atoms with van der Waals surface area (Å²) in [6.45, 7) is -0.407. The van der Waals surface area contributed by atoms with Crippen LogP contribution < -0.4 is 14.6 Å². The number of anilines is 1. The summed E-state index contributed by atoms with van der Waals surface area (Å²) in [6, 6.07) is 11.5. The lowest BCUT2D eigenvalue weighted by Gasteiger charge is -2.32. The minimum atomic E-state index is -1.53. The zero-order valence-electron chi connectivity index (χ0n) is 17.9. The molecular formula is C18H24N5O7PS. The number of quaternary nitrogens is 1. The minimum absolute atomic E-state index is 0.101. The molecule has 0 aliphatic rings. The van der Waals surface area contributed by atoms with Crippen molar-refractivity contribution in [3.63, 3.8) is 0 Å². The van der Waals surface area contributed by atoms with Gasteiger partial charge in [0.05, 0.1) is 24.3 Å². The predicted molar refractivity (Wildman–Crippen MR) is 124 cm³/mol. The number of nitrogens with one attached hydrogen (secondary N) is 1. The van der Waals surface area contributed by atoms with E-state index < -0.39 is 24.1 Å². The highest BCUT2D eigenvalue weighted by Crippen LogP contribution is 2.46. The Morgan fingerprint density at radius 3 is 2.38 bits per heavy atom. The number of benzene rings is 2. The molecule has 32 heavy (non-hydrogen) atoms. The number of hydrazone groups is 1. The number of ether oxygens (including phenoxy) is 1. The second-order valence-corrected chi connectivity index (χ2v) is 8.39. The number of nitro benzene ring substituents is 1. The van der Waals surface area contributed by atoms with Gasteiger partial charge in [-0.2, -0.15) is 14.8 Å². The molecular weight excluding hydrogens is 461 g/mol. The lowest BCUT2D eigenvalue weighted by atomic mass is 10.2. The van der Waals surface area contributed by atoms with Crippen molar-refractivity contribution in [3.8, 4) is 11.5 Å². The van der Waals surface area contributed by atoms with Crippen molar-refractivity contribution in [2.45, 2.75) is 0 Å². The molecule has 0 saturated heterocycles. The Balaban J connectivity index is 2.06. The fourth-order valence-electron chi connectivity index (χ4n) is 2.29. The lowest BCUT2D eigenvalue weighted by molar-refractivity contribution is -1.21. The average Bonchev–Trinajstić information content (AvgIpc) is 2.81. The number of nitro groups is 1. The SMILES string of the molecule is COc1ccc(/C=N/N(C)P(S)Oc2ccc(NC[N+]([O-])(OC)OC)c([N+](=O)[O-])c2)cc1. The van der Waals surface area contributed by atoms with Crippen LogP contribution in [0.15, 0.2) is 47.6 Å². The molecule has 0 fully saturated rings. The Hall–Kier alpha value is -2.67. The second kappa shape index (κ2) is 11.8. The number of hydrogen-bond donors (Lipinski definition) is 2. The second-order valence-electron chi connectivity index (χ2n) is 6.10.